The van der Waals surface area contributed by atoms with Crippen LogP contribution >= 0.6 is 11.3 Å². The number of nitrogens with one attached hydrogen (secondary N) is 1. The smallest absolute Gasteiger partial charge is 0.315 e. The van der Waals surface area contributed by atoms with Gasteiger partial charge in [-0.1, -0.05) is 12.1 Å². The summed E-state index contributed by atoms with van der Waals surface area (Å²) in [4.78, 5) is 1.16. The van der Waals surface area contributed by atoms with E-state index in [9.17, 15) is 13.2 Å². The molecule has 0 spiro atoms. The zero-order valence-electron chi connectivity index (χ0n) is 9.71. The van der Waals surface area contributed by atoms with Gasteiger partial charge in [-0.15, -0.1) is 11.3 Å². The molecule has 0 aliphatic heterocycles. The van der Waals surface area contributed by atoms with E-state index in [0.29, 0.717) is 0 Å². The van der Waals surface area contributed by atoms with Crippen LogP contribution in [0, 0.1) is 0 Å². The second-order valence-corrected chi connectivity index (χ2v) is 4.90. The molecule has 1 N–H and O–H groups in total. The summed E-state index contributed by atoms with van der Waals surface area (Å²) >= 11 is 1.59. The molecule has 0 saturated heterocycles. The normalized spacial score (nSPS) is 11.8. The molecule has 2 aromatic rings. The van der Waals surface area contributed by atoms with E-state index in [2.05, 4.69) is 5.32 Å². The van der Waals surface area contributed by atoms with Crippen LogP contribution < -0.4 is 5.32 Å². The van der Waals surface area contributed by atoms with Crippen molar-refractivity contribution in [1.82, 2.24) is 5.32 Å². The summed E-state index contributed by atoms with van der Waals surface area (Å²) < 4.78 is 37.3. The van der Waals surface area contributed by atoms with Crippen LogP contribution in [0.5, 0.6) is 0 Å². The predicted octanol–water partition coefficient (Wildman–Crippen LogP) is 4.15. The van der Waals surface area contributed by atoms with Crippen molar-refractivity contribution in [2.45, 2.75) is 12.7 Å². The molecule has 18 heavy (non-hydrogen) atoms. The molecule has 1 aromatic carbocycles. The summed E-state index contributed by atoms with van der Waals surface area (Å²) in [6, 6.07) is 7.24. The summed E-state index contributed by atoms with van der Waals surface area (Å²) in [6.07, 6.45) is -4.27. The maximum absolute atomic E-state index is 12.4. The van der Waals surface area contributed by atoms with Crippen molar-refractivity contribution in [3.8, 4) is 11.1 Å². The van der Waals surface area contributed by atoms with Crippen LogP contribution in [-0.4, -0.2) is 7.05 Å². The largest absolute Gasteiger partial charge is 0.416 e. The highest BCUT2D eigenvalue weighted by atomic mass is 32.1. The molecule has 1 aromatic heterocycles. The molecular weight excluding hydrogens is 259 g/mol. The van der Waals surface area contributed by atoms with E-state index in [1.165, 1.54) is 12.1 Å². The van der Waals surface area contributed by atoms with Gasteiger partial charge in [0, 0.05) is 11.4 Å². The molecule has 0 saturated carbocycles. The average molecular weight is 271 g/mol. The predicted molar refractivity (Wildman–Crippen MR) is 67.5 cm³/mol. The van der Waals surface area contributed by atoms with Gasteiger partial charge in [0.15, 0.2) is 0 Å². The number of benzene rings is 1. The Morgan fingerprint density at radius 1 is 1.11 bits per heavy atom. The minimum atomic E-state index is -4.27. The number of alkyl halides is 3. The van der Waals surface area contributed by atoms with Gasteiger partial charge < -0.3 is 5.32 Å². The van der Waals surface area contributed by atoms with Crippen molar-refractivity contribution in [1.29, 1.82) is 0 Å². The third-order valence-corrected chi connectivity index (χ3v) is 3.49. The van der Waals surface area contributed by atoms with Gasteiger partial charge in [-0.05, 0) is 41.8 Å². The number of hydrogen-bond donors (Lipinski definition) is 1. The van der Waals surface area contributed by atoms with Crippen LogP contribution in [0.3, 0.4) is 0 Å². The average Bonchev–Trinajstić information content (AvgIpc) is 2.77. The van der Waals surface area contributed by atoms with Gasteiger partial charge in [-0.2, -0.15) is 13.2 Å². The van der Waals surface area contributed by atoms with Crippen molar-refractivity contribution in [2.75, 3.05) is 7.05 Å². The molecule has 1 nitrogen and oxygen atoms in total. The van der Waals surface area contributed by atoms with Gasteiger partial charge in [0.1, 0.15) is 0 Å². The summed E-state index contributed by atoms with van der Waals surface area (Å²) in [5.41, 5.74) is 1.15. The number of rotatable bonds is 3. The van der Waals surface area contributed by atoms with Gasteiger partial charge in [-0.3, -0.25) is 0 Å². The number of halogens is 3. The first-order valence-corrected chi connectivity index (χ1v) is 6.28. The molecule has 96 valence electrons. The second kappa shape index (κ2) is 5.12. The van der Waals surface area contributed by atoms with Crippen LogP contribution in [0.1, 0.15) is 10.4 Å². The summed E-state index contributed by atoms with van der Waals surface area (Å²) in [5.74, 6) is 0. The van der Waals surface area contributed by atoms with E-state index in [1.54, 1.807) is 11.3 Å². The molecule has 0 atom stereocenters. The van der Waals surface area contributed by atoms with Crippen molar-refractivity contribution in [2.24, 2.45) is 0 Å². The first kappa shape index (κ1) is 13.1. The molecule has 0 fully saturated rings. The Morgan fingerprint density at radius 3 is 2.33 bits per heavy atom. The minimum Gasteiger partial charge on any atom is -0.315 e. The van der Waals surface area contributed by atoms with Crippen LogP contribution in [0.4, 0.5) is 13.2 Å². The Bertz CT molecular complexity index is 514. The molecule has 5 heteroatoms. The van der Waals surface area contributed by atoms with E-state index in [-0.39, 0.29) is 0 Å². The zero-order valence-corrected chi connectivity index (χ0v) is 10.5. The van der Waals surface area contributed by atoms with Gasteiger partial charge in [0.25, 0.3) is 0 Å². The Kier molecular flexibility index (Phi) is 3.73. The van der Waals surface area contributed by atoms with Crippen molar-refractivity contribution >= 4 is 11.3 Å². The van der Waals surface area contributed by atoms with E-state index in [1.807, 2.05) is 18.5 Å². The van der Waals surface area contributed by atoms with Crippen molar-refractivity contribution in [3.05, 3.63) is 46.2 Å². The first-order chi connectivity index (χ1) is 8.50. The Balaban J connectivity index is 2.23. The second-order valence-electron chi connectivity index (χ2n) is 3.91. The lowest BCUT2D eigenvalue weighted by Gasteiger charge is -2.06. The summed E-state index contributed by atoms with van der Waals surface area (Å²) in [5, 5.41) is 4.99. The molecule has 0 radical (unpaired) electrons. The molecule has 0 aliphatic rings. The topological polar surface area (TPSA) is 12.0 Å². The Hall–Kier alpha value is -1.33. The van der Waals surface area contributed by atoms with Gasteiger partial charge >= 0.3 is 6.18 Å². The van der Waals surface area contributed by atoms with E-state index < -0.39 is 11.7 Å². The third-order valence-electron chi connectivity index (χ3n) is 2.55. The van der Waals surface area contributed by atoms with Crippen molar-refractivity contribution < 1.29 is 13.2 Å². The van der Waals surface area contributed by atoms with Crippen LogP contribution in [0.25, 0.3) is 11.1 Å². The van der Waals surface area contributed by atoms with Crippen molar-refractivity contribution in [3.63, 3.8) is 0 Å². The molecular formula is C13H12F3NS. The SMILES string of the molecule is CNCc1cc(-c2ccc(C(F)(F)F)cc2)cs1. The molecule has 1 heterocycles. The molecule has 0 amide bonds. The zero-order chi connectivity index (χ0) is 13.2. The molecule has 0 bridgehead atoms. The number of hydrogen-bond acceptors (Lipinski definition) is 2. The first-order valence-electron chi connectivity index (χ1n) is 5.40. The highest BCUT2D eigenvalue weighted by Crippen LogP contribution is 2.32. The number of thiophene rings is 1. The van der Waals surface area contributed by atoms with E-state index in [4.69, 9.17) is 0 Å². The monoisotopic (exact) mass is 271 g/mol. The lowest BCUT2D eigenvalue weighted by atomic mass is 10.1. The maximum Gasteiger partial charge on any atom is 0.416 e. The highest BCUT2D eigenvalue weighted by molar-refractivity contribution is 7.10. The fourth-order valence-corrected chi connectivity index (χ4v) is 2.56. The minimum absolute atomic E-state index is 0.614. The van der Waals surface area contributed by atoms with E-state index >= 15 is 0 Å². The summed E-state index contributed by atoms with van der Waals surface area (Å²) in [7, 11) is 1.86. The van der Waals surface area contributed by atoms with Gasteiger partial charge in [-0.25, -0.2) is 0 Å². The molecule has 0 unspecified atom stereocenters. The lowest BCUT2D eigenvalue weighted by molar-refractivity contribution is -0.137. The van der Waals surface area contributed by atoms with Gasteiger partial charge in [0.05, 0.1) is 5.56 Å². The third kappa shape index (κ3) is 2.91. The van der Waals surface area contributed by atoms with Gasteiger partial charge in [0.2, 0.25) is 0 Å². The molecule has 0 aliphatic carbocycles. The maximum atomic E-state index is 12.4. The fourth-order valence-electron chi connectivity index (χ4n) is 1.65. The van der Waals surface area contributed by atoms with Crippen LogP contribution in [0.2, 0.25) is 0 Å². The highest BCUT2D eigenvalue weighted by Gasteiger charge is 2.29. The quantitative estimate of drug-likeness (QED) is 0.884. The Labute approximate surface area is 107 Å². The van der Waals surface area contributed by atoms with E-state index in [0.717, 1.165) is 34.7 Å². The summed E-state index contributed by atoms with van der Waals surface area (Å²) in [6.45, 7) is 0.769. The molecule has 2 rings (SSSR count). The van der Waals surface area contributed by atoms with Crippen LogP contribution in [-0.2, 0) is 12.7 Å². The van der Waals surface area contributed by atoms with Crippen LogP contribution in [0.15, 0.2) is 35.7 Å². The lowest BCUT2D eigenvalue weighted by Crippen LogP contribution is -2.04. The fraction of sp³-hybridized carbons (Fsp3) is 0.231. The Morgan fingerprint density at radius 2 is 1.78 bits per heavy atom. The standard InChI is InChI=1S/C13H12F3NS/c1-17-7-12-6-10(8-18-12)9-2-4-11(5-3-9)13(14,15)16/h2-6,8,17H,7H2,1H3.